The van der Waals surface area contributed by atoms with E-state index in [-0.39, 0.29) is 0 Å². The Morgan fingerprint density at radius 2 is 2.35 bits per heavy atom. The summed E-state index contributed by atoms with van der Waals surface area (Å²) in [5.74, 6) is 0.974. The van der Waals surface area contributed by atoms with E-state index in [0.717, 1.165) is 31.2 Å². The summed E-state index contributed by atoms with van der Waals surface area (Å²) in [6.45, 7) is 4.96. The third kappa shape index (κ3) is 2.84. The van der Waals surface area contributed by atoms with E-state index in [0.29, 0.717) is 5.70 Å². The lowest BCUT2D eigenvalue weighted by atomic mass is 10.2. The standard InChI is InChI=1S/C13H18N4/c1-2-15-13(17-8-5-9-17)10-11(14)12-6-3-4-7-16-12/h3-4,6-7,10H,2,5,8-9,14H2,1H3. The van der Waals surface area contributed by atoms with Gasteiger partial charge in [-0.05, 0) is 25.5 Å². The molecule has 4 nitrogen and oxygen atoms in total. The van der Waals surface area contributed by atoms with Gasteiger partial charge in [-0.3, -0.25) is 9.98 Å². The van der Waals surface area contributed by atoms with E-state index in [4.69, 9.17) is 5.73 Å². The van der Waals surface area contributed by atoms with E-state index in [1.807, 2.05) is 31.2 Å². The number of nitrogens with two attached hydrogens (primary N) is 1. The van der Waals surface area contributed by atoms with Gasteiger partial charge < -0.3 is 10.6 Å². The zero-order valence-electron chi connectivity index (χ0n) is 10.1. The van der Waals surface area contributed by atoms with E-state index in [9.17, 15) is 0 Å². The minimum absolute atomic E-state index is 0.671. The topological polar surface area (TPSA) is 54.5 Å². The van der Waals surface area contributed by atoms with Crippen molar-refractivity contribution in [2.45, 2.75) is 13.3 Å². The molecule has 0 atom stereocenters. The van der Waals surface area contributed by atoms with Crippen LogP contribution in [0.15, 0.2) is 35.5 Å². The second-order valence-electron chi connectivity index (χ2n) is 3.99. The van der Waals surface area contributed by atoms with Crippen LogP contribution in [0.1, 0.15) is 19.0 Å². The molecule has 2 rings (SSSR count). The van der Waals surface area contributed by atoms with Gasteiger partial charge in [0, 0.05) is 31.9 Å². The molecule has 0 aliphatic carbocycles. The van der Waals surface area contributed by atoms with Crippen LogP contribution in [0.25, 0.3) is 5.70 Å². The maximum atomic E-state index is 6.03. The number of amidine groups is 1. The summed E-state index contributed by atoms with van der Waals surface area (Å²) in [5.41, 5.74) is 7.51. The maximum Gasteiger partial charge on any atom is 0.125 e. The summed E-state index contributed by atoms with van der Waals surface area (Å²) in [4.78, 5) is 10.9. The highest BCUT2D eigenvalue weighted by Gasteiger charge is 2.16. The number of nitrogens with zero attached hydrogens (tertiary/aromatic N) is 3. The summed E-state index contributed by atoms with van der Waals surface area (Å²) < 4.78 is 0. The third-order valence-electron chi connectivity index (χ3n) is 2.75. The second-order valence-corrected chi connectivity index (χ2v) is 3.99. The molecule has 1 aromatic heterocycles. The van der Waals surface area contributed by atoms with Crippen molar-refractivity contribution in [1.29, 1.82) is 0 Å². The molecule has 0 saturated carbocycles. The second kappa shape index (κ2) is 5.48. The van der Waals surface area contributed by atoms with Crippen molar-refractivity contribution in [3.05, 3.63) is 36.2 Å². The van der Waals surface area contributed by atoms with Gasteiger partial charge in [0.1, 0.15) is 5.84 Å². The summed E-state index contributed by atoms with van der Waals surface area (Å²) in [6.07, 6.45) is 4.90. The Morgan fingerprint density at radius 1 is 1.53 bits per heavy atom. The Balaban J connectivity index is 2.18. The summed E-state index contributed by atoms with van der Waals surface area (Å²) in [6, 6.07) is 5.72. The van der Waals surface area contributed by atoms with Gasteiger partial charge in [0.2, 0.25) is 0 Å². The molecule has 0 unspecified atom stereocenters. The Bertz CT molecular complexity index is 418. The van der Waals surface area contributed by atoms with Crippen LogP contribution in [-0.2, 0) is 0 Å². The minimum Gasteiger partial charge on any atom is -0.397 e. The third-order valence-corrected chi connectivity index (χ3v) is 2.75. The average molecular weight is 230 g/mol. The highest BCUT2D eigenvalue weighted by Crippen LogP contribution is 2.11. The number of aromatic nitrogens is 1. The molecule has 1 saturated heterocycles. The van der Waals surface area contributed by atoms with E-state index in [1.165, 1.54) is 6.42 Å². The van der Waals surface area contributed by atoms with Gasteiger partial charge in [0.05, 0.1) is 11.4 Å². The van der Waals surface area contributed by atoms with Crippen LogP contribution in [0.3, 0.4) is 0 Å². The fourth-order valence-corrected chi connectivity index (χ4v) is 1.69. The summed E-state index contributed by atoms with van der Waals surface area (Å²) in [5, 5.41) is 0. The molecule has 90 valence electrons. The number of aliphatic imine (C=N–C) groups is 1. The molecular formula is C13H18N4. The van der Waals surface area contributed by atoms with Crippen LogP contribution in [-0.4, -0.2) is 35.4 Å². The predicted molar refractivity (Wildman–Crippen MR) is 70.6 cm³/mol. The van der Waals surface area contributed by atoms with Crippen molar-refractivity contribution in [1.82, 2.24) is 9.88 Å². The molecule has 1 aromatic rings. The Kier molecular flexibility index (Phi) is 3.75. The van der Waals surface area contributed by atoms with E-state index >= 15 is 0 Å². The average Bonchev–Trinajstić information content (AvgIpc) is 2.28. The van der Waals surface area contributed by atoms with Gasteiger partial charge in [-0.2, -0.15) is 0 Å². The van der Waals surface area contributed by atoms with Crippen LogP contribution in [0.4, 0.5) is 0 Å². The highest BCUT2D eigenvalue weighted by molar-refractivity contribution is 5.98. The molecule has 1 aliphatic rings. The van der Waals surface area contributed by atoms with Crippen molar-refractivity contribution in [3.8, 4) is 0 Å². The Hall–Kier alpha value is -1.84. The maximum absolute atomic E-state index is 6.03. The lowest BCUT2D eigenvalue weighted by Crippen LogP contribution is -2.41. The van der Waals surface area contributed by atoms with Crippen molar-refractivity contribution in [2.75, 3.05) is 19.6 Å². The quantitative estimate of drug-likeness (QED) is 0.632. The normalized spacial score (nSPS) is 16.9. The molecule has 0 radical (unpaired) electrons. The van der Waals surface area contributed by atoms with Gasteiger partial charge in [0.25, 0.3) is 0 Å². The van der Waals surface area contributed by atoms with E-state index in [1.54, 1.807) is 6.20 Å². The lowest BCUT2D eigenvalue weighted by Gasteiger charge is -2.33. The Labute approximate surface area is 102 Å². The number of hydrogen-bond donors (Lipinski definition) is 1. The van der Waals surface area contributed by atoms with E-state index in [2.05, 4.69) is 14.9 Å². The molecule has 0 amide bonds. The number of likely N-dealkylation sites (tertiary alicyclic amines) is 1. The first-order valence-electron chi connectivity index (χ1n) is 5.99. The van der Waals surface area contributed by atoms with Crippen LogP contribution in [0.5, 0.6) is 0 Å². The predicted octanol–water partition coefficient (Wildman–Crippen LogP) is 1.51. The van der Waals surface area contributed by atoms with Crippen LogP contribution in [0, 0.1) is 0 Å². The lowest BCUT2D eigenvalue weighted by molar-refractivity contribution is 0.301. The zero-order valence-corrected chi connectivity index (χ0v) is 10.1. The van der Waals surface area contributed by atoms with Gasteiger partial charge in [-0.15, -0.1) is 0 Å². The molecule has 0 aromatic carbocycles. The zero-order chi connectivity index (χ0) is 12.1. The van der Waals surface area contributed by atoms with Gasteiger partial charge >= 0.3 is 0 Å². The molecule has 2 heterocycles. The summed E-state index contributed by atoms with van der Waals surface area (Å²) in [7, 11) is 0. The van der Waals surface area contributed by atoms with E-state index < -0.39 is 0 Å². The van der Waals surface area contributed by atoms with Crippen molar-refractivity contribution < 1.29 is 0 Å². The molecule has 1 fully saturated rings. The first kappa shape index (κ1) is 11.6. The van der Waals surface area contributed by atoms with Crippen molar-refractivity contribution in [3.63, 3.8) is 0 Å². The number of pyridine rings is 1. The summed E-state index contributed by atoms with van der Waals surface area (Å²) >= 11 is 0. The fraction of sp³-hybridized carbons (Fsp3) is 0.385. The van der Waals surface area contributed by atoms with Crippen LogP contribution in [0.2, 0.25) is 0 Å². The monoisotopic (exact) mass is 230 g/mol. The fourth-order valence-electron chi connectivity index (χ4n) is 1.69. The molecule has 2 N–H and O–H groups in total. The molecule has 0 spiro atoms. The largest absolute Gasteiger partial charge is 0.397 e. The van der Waals surface area contributed by atoms with Crippen LogP contribution >= 0.6 is 0 Å². The molecule has 4 heteroatoms. The smallest absolute Gasteiger partial charge is 0.125 e. The molecule has 17 heavy (non-hydrogen) atoms. The van der Waals surface area contributed by atoms with Gasteiger partial charge in [0.15, 0.2) is 0 Å². The van der Waals surface area contributed by atoms with Crippen molar-refractivity contribution in [2.24, 2.45) is 10.7 Å². The van der Waals surface area contributed by atoms with Gasteiger partial charge in [-0.1, -0.05) is 6.07 Å². The first-order valence-corrected chi connectivity index (χ1v) is 5.99. The SMILES string of the molecule is CCN=C(C=C(N)c1ccccn1)N1CCC1. The molecular weight excluding hydrogens is 212 g/mol. The van der Waals surface area contributed by atoms with Crippen LogP contribution < -0.4 is 5.73 Å². The van der Waals surface area contributed by atoms with Crippen molar-refractivity contribution >= 4 is 11.5 Å². The highest BCUT2D eigenvalue weighted by atomic mass is 15.2. The number of hydrogen-bond acceptors (Lipinski definition) is 3. The Morgan fingerprint density at radius 3 is 2.88 bits per heavy atom. The minimum atomic E-state index is 0.671. The first-order chi connectivity index (χ1) is 8.31. The van der Waals surface area contributed by atoms with Gasteiger partial charge in [-0.25, -0.2) is 0 Å². The molecule has 1 aliphatic heterocycles. The molecule has 0 bridgehead atoms. The number of rotatable bonds is 3.